The van der Waals surface area contributed by atoms with E-state index in [4.69, 9.17) is 0 Å². The van der Waals surface area contributed by atoms with Crippen LogP contribution in [-0.2, 0) is 24.4 Å². The predicted octanol–water partition coefficient (Wildman–Crippen LogP) is 2.22. The van der Waals surface area contributed by atoms with E-state index in [1.54, 1.807) is 39.8 Å². The molecule has 3 N–H and O–H groups in total. The number of nitrogens with zero attached hydrogens (tertiary/aromatic N) is 1. The van der Waals surface area contributed by atoms with Crippen LogP contribution in [0.4, 0.5) is 0 Å². The number of nitrogens with one attached hydrogen (secondary N) is 2. The molecule has 35 heavy (non-hydrogen) atoms. The van der Waals surface area contributed by atoms with Crippen LogP contribution in [0.3, 0.4) is 0 Å². The quantitative estimate of drug-likeness (QED) is 0.487. The number of carboxylic acids is 1. The number of carbonyl (C=O) groups excluding carboxylic acids is 2. The highest BCUT2D eigenvalue weighted by Gasteiger charge is 2.64. The summed E-state index contributed by atoms with van der Waals surface area (Å²) in [6.45, 7) is 8.91. The summed E-state index contributed by atoms with van der Waals surface area (Å²) in [5.74, 6) is -2.06. The van der Waals surface area contributed by atoms with Crippen molar-refractivity contribution in [2.45, 2.75) is 99.4 Å². The fraction of sp³-hybridized carbons (Fsp3) is 0.625. The maximum Gasteiger partial charge on any atom is 0.327 e. The molecule has 2 aliphatic heterocycles. The number of sulfonamides is 1. The van der Waals surface area contributed by atoms with Crippen molar-refractivity contribution in [1.29, 1.82) is 0 Å². The minimum atomic E-state index is -4.02. The third kappa shape index (κ3) is 4.35. The van der Waals surface area contributed by atoms with E-state index in [-0.39, 0.29) is 4.90 Å². The lowest BCUT2D eigenvalue weighted by molar-refractivity contribution is -0.161. The Morgan fingerprint density at radius 1 is 1.09 bits per heavy atom. The lowest BCUT2D eigenvalue weighted by Gasteiger charge is -2.45. The summed E-state index contributed by atoms with van der Waals surface area (Å²) in [4.78, 5) is 39.8. The molecule has 0 radical (unpaired) electrons. The molecule has 2 amide bonds. The Morgan fingerprint density at radius 2 is 1.66 bits per heavy atom. The van der Waals surface area contributed by atoms with Crippen LogP contribution >= 0.6 is 11.8 Å². The lowest BCUT2D eigenvalue weighted by atomic mass is 9.81. The summed E-state index contributed by atoms with van der Waals surface area (Å²) >= 11 is 1.34. The SMILES string of the molecule is Cc1cc(C)c(S(=O)(=O)NC2(C(=O)N[C@@H]3C(=O)N4[C@@H]3SC(C)(C)[C@@H]4C(=O)O)CCCCC2)c(C)c1. The average molecular weight is 524 g/mol. The van der Waals surface area contributed by atoms with Gasteiger partial charge in [0, 0.05) is 4.75 Å². The highest BCUT2D eigenvalue weighted by atomic mass is 32.2. The summed E-state index contributed by atoms with van der Waals surface area (Å²) in [5, 5.41) is 11.9. The van der Waals surface area contributed by atoms with E-state index < -0.39 is 55.6 Å². The standard InChI is InChI=1S/C24H33N3O6S2/c1-13-11-14(2)17(15(3)12-13)35(32,33)26-24(9-7-6-8-10-24)22(31)25-16-19(28)27-18(21(29)30)23(4,5)34-20(16)27/h11-12,16,18,20,26H,6-10H2,1-5H3,(H,25,31)(H,29,30)/t16-,18+,20-/m1/s1. The summed E-state index contributed by atoms with van der Waals surface area (Å²) in [7, 11) is -4.02. The van der Waals surface area contributed by atoms with Crippen LogP contribution < -0.4 is 10.0 Å². The minimum Gasteiger partial charge on any atom is -0.480 e. The minimum absolute atomic E-state index is 0.171. The first kappa shape index (κ1) is 26.0. The molecule has 1 aromatic carbocycles. The largest absolute Gasteiger partial charge is 0.480 e. The van der Waals surface area contributed by atoms with Crippen molar-refractivity contribution >= 4 is 39.6 Å². The number of thioether (sulfide) groups is 1. The van der Waals surface area contributed by atoms with E-state index in [9.17, 15) is 27.9 Å². The molecule has 192 valence electrons. The molecule has 0 spiro atoms. The van der Waals surface area contributed by atoms with Gasteiger partial charge in [0.05, 0.1) is 4.90 Å². The fourth-order valence-electron chi connectivity index (χ4n) is 5.85. The molecule has 11 heteroatoms. The van der Waals surface area contributed by atoms with Gasteiger partial charge in [0.1, 0.15) is 23.0 Å². The van der Waals surface area contributed by atoms with Gasteiger partial charge >= 0.3 is 5.97 Å². The molecule has 2 heterocycles. The zero-order valence-electron chi connectivity index (χ0n) is 20.7. The van der Waals surface area contributed by atoms with Crippen LogP contribution in [0.1, 0.15) is 62.6 Å². The van der Waals surface area contributed by atoms with Crippen LogP contribution in [0.5, 0.6) is 0 Å². The van der Waals surface area contributed by atoms with Gasteiger partial charge < -0.3 is 15.3 Å². The second-order valence-electron chi connectivity index (χ2n) is 10.5. The van der Waals surface area contributed by atoms with Gasteiger partial charge in [-0.25, -0.2) is 13.2 Å². The second kappa shape index (κ2) is 8.77. The monoisotopic (exact) mass is 523 g/mol. The Morgan fingerprint density at radius 3 is 2.20 bits per heavy atom. The number of hydrogen-bond acceptors (Lipinski definition) is 6. The van der Waals surface area contributed by atoms with Crippen molar-refractivity contribution in [3.63, 3.8) is 0 Å². The van der Waals surface area contributed by atoms with Crippen LogP contribution in [0.25, 0.3) is 0 Å². The van der Waals surface area contributed by atoms with Gasteiger partial charge in [-0.15, -0.1) is 11.8 Å². The number of carbonyl (C=O) groups is 3. The first-order valence-corrected chi connectivity index (χ1v) is 14.2. The first-order chi connectivity index (χ1) is 16.2. The average Bonchev–Trinajstić information content (AvgIpc) is 2.99. The van der Waals surface area contributed by atoms with Gasteiger partial charge in [-0.1, -0.05) is 37.0 Å². The Labute approximate surface area is 210 Å². The topological polar surface area (TPSA) is 133 Å². The smallest absolute Gasteiger partial charge is 0.327 e. The third-order valence-corrected chi connectivity index (χ3v) is 10.7. The molecule has 3 fully saturated rings. The number of aliphatic carboxylic acids is 1. The van der Waals surface area contributed by atoms with Crippen molar-refractivity contribution in [1.82, 2.24) is 14.9 Å². The van der Waals surface area contributed by atoms with Crippen molar-refractivity contribution in [2.75, 3.05) is 0 Å². The molecule has 3 aliphatic rings. The molecule has 3 atom stereocenters. The van der Waals surface area contributed by atoms with Gasteiger partial charge in [0.25, 0.3) is 0 Å². The molecule has 0 aromatic heterocycles. The first-order valence-electron chi connectivity index (χ1n) is 11.9. The number of amides is 2. The highest BCUT2D eigenvalue weighted by Crippen LogP contribution is 2.51. The Balaban J connectivity index is 1.60. The number of carboxylic acid groups (broad SMARTS) is 1. The number of fused-ring (bicyclic) bond motifs is 1. The van der Waals surface area contributed by atoms with E-state index in [1.165, 1.54) is 16.7 Å². The van der Waals surface area contributed by atoms with Gasteiger partial charge in [-0.3, -0.25) is 9.59 Å². The van der Waals surface area contributed by atoms with E-state index in [1.807, 2.05) is 6.92 Å². The van der Waals surface area contributed by atoms with E-state index in [0.717, 1.165) is 12.0 Å². The van der Waals surface area contributed by atoms with Crippen LogP contribution in [0.15, 0.2) is 17.0 Å². The van der Waals surface area contributed by atoms with Crippen molar-refractivity contribution in [3.05, 3.63) is 28.8 Å². The summed E-state index contributed by atoms with van der Waals surface area (Å²) in [6, 6.07) is 1.73. The summed E-state index contributed by atoms with van der Waals surface area (Å²) in [5.41, 5.74) is 0.798. The Kier molecular flexibility index (Phi) is 6.51. The molecular weight excluding hydrogens is 490 g/mol. The van der Waals surface area contributed by atoms with Gasteiger partial charge in [0.2, 0.25) is 21.8 Å². The van der Waals surface area contributed by atoms with Gasteiger partial charge in [-0.2, -0.15) is 4.72 Å². The number of rotatable bonds is 6. The maximum atomic E-state index is 13.6. The molecule has 1 aliphatic carbocycles. The van der Waals surface area contributed by atoms with Gasteiger partial charge in [-0.05, 0) is 58.6 Å². The van der Waals surface area contributed by atoms with E-state index in [0.29, 0.717) is 36.8 Å². The molecule has 0 unspecified atom stereocenters. The Hall–Kier alpha value is -2.11. The molecule has 2 saturated heterocycles. The number of hydrogen-bond donors (Lipinski definition) is 3. The van der Waals surface area contributed by atoms with Crippen molar-refractivity contribution < 1.29 is 27.9 Å². The lowest BCUT2D eigenvalue weighted by Crippen LogP contribution is -2.73. The van der Waals surface area contributed by atoms with Crippen LogP contribution in [-0.4, -0.2) is 64.0 Å². The molecule has 4 rings (SSSR count). The van der Waals surface area contributed by atoms with Crippen molar-refractivity contribution in [2.24, 2.45) is 0 Å². The number of benzene rings is 1. The molecule has 0 bridgehead atoms. The Bertz CT molecular complexity index is 1170. The second-order valence-corrected chi connectivity index (χ2v) is 13.9. The summed E-state index contributed by atoms with van der Waals surface area (Å²) in [6.07, 6.45) is 2.90. The third-order valence-electron chi connectivity index (χ3n) is 7.31. The number of β-lactam (4-membered cyclic amide) rings is 1. The summed E-state index contributed by atoms with van der Waals surface area (Å²) < 4.78 is 29.1. The molecular formula is C24H33N3O6S2. The molecule has 9 nitrogen and oxygen atoms in total. The maximum absolute atomic E-state index is 13.6. The fourth-order valence-corrected chi connectivity index (χ4v) is 9.36. The number of aryl methyl sites for hydroxylation is 3. The normalized spacial score (nSPS) is 27.2. The molecule has 1 aromatic rings. The van der Waals surface area contributed by atoms with Gasteiger partial charge in [0.15, 0.2) is 0 Å². The van der Waals surface area contributed by atoms with Crippen LogP contribution in [0, 0.1) is 20.8 Å². The zero-order valence-corrected chi connectivity index (χ0v) is 22.3. The highest BCUT2D eigenvalue weighted by molar-refractivity contribution is 8.01. The molecule has 1 saturated carbocycles. The predicted molar refractivity (Wildman–Crippen MR) is 132 cm³/mol. The van der Waals surface area contributed by atoms with Crippen molar-refractivity contribution in [3.8, 4) is 0 Å². The van der Waals surface area contributed by atoms with E-state index >= 15 is 0 Å². The van der Waals surface area contributed by atoms with E-state index in [2.05, 4.69) is 10.0 Å². The van der Waals surface area contributed by atoms with Crippen LogP contribution in [0.2, 0.25) is 0 Å². The zero-order chi connectivity index (χ0) is 25.9.